The molecule has 148 valence electrons. The van der Waals surface area contributed by atoms with Gasteiger partial charge in [0.1, 0.15) is 11.6 Å². The van der Waals surface area contributed by atoms with Gasteiger partial charge in [0.15, 0.2) is 0 Å². The molecule has 0 aliphatic carbocycles. The minimum Gasteiger partial charge on any atom is -0.363 e. The van der Waals surface area contributed by atoms with E-state index in [1.54, 1.807) is 6.07 Å². The Morgan fingerprint density at radius 2 is 1.89 bits per heavy atom. The second-order valence-corrected chi connectivity index (χ2v) is 7.32. The van der Waals surface area contributed by atoms with Crippen LogP contribution in [0.15, 0.2) is 18.2 Å². The molecular formula is C19H21F3N6. The monoisotopic (exact) mass is 390 g/mol. The van der Waals surface area contributed by atoms with Crippen molar-refractivity contribution in [3.63, 3.8) is 0 Å². The molecule has 0 bridgehead atoms. The molecule has 28 heavy (non-hydrogen) atoms. The Kier molecular flexibility index (Phi) is 4.29. The molecule has 3 heterocycles. The van der Waals surface area contributed by atoms with Crippen LogP contribution in [0.2, 0.25) is 0 Å². The van der Waals surface area contributed by atoms with E-state index in [0.717, 1.165) is 29.7 Å². The molecule has 9 heteroatoms. The first-order valence-electron chi connectivity index (χ1n) is 9.02. The van der Waals surface area contributed by atoms with Gasteiger partial charge in [0.25, 0.3) is 5.78 Å². The molecule has 0 saturated heterocycles. The molecule has 3 aromatic rings. The first-order valence-corrected chi connectivity index (χ1v) is 9.02. The second kappa shape index (κ2) is 6.44. The first-order chi connectivity index (χ1) is 13.2. The highest BCUT2D eigenvalue weighted by molar-refractivity contribution is 5.56. The second-order valence-electron chi connectivity index (χ2n) is 7.32. The number of hydrogen-bond acceptors (Lipinski definition) is 5. The molecule has 0 radical (unpaired) electrons. The summed E-state index contributed by atoms with van der Waals surface area (Å²) in [6.45, 7) is 6.66. The third-order valence-corrected chi connectivity index (χ3v) is 5.27. The van der Waals surface area contributed by atoms with Crippen LogP contribution in [-0.4, -0.2) is 31.5 Å². The van der Waals surface area contributed by atoms with Crippen LogP contribution < -0.4 is 5.32 Å². The number of anilines is 1. The number of alkyl halides is 3. The number of benzene rings is 1. The SMILES string of the molecule is Cc1c([C@@H](C)Nc2nc3nnc(C)n3c3c2CN(C)C3)cccc1C(F)(F)F. The van der Waals surface area contributed by atoms with Gasteiger partial charge >= 0.3 is 6.18 Å². The molecule has 0 spiro atoms. The van der Waals surface area contributed by atoms with Gasteiger partial charge in [-0.15, -0.1) is 10.2 Å². The van der Waals surface area contributed by atoms with Crippen LogP contribution in [0, 0.1) is 13.8 Å². The summed E-state index contributed by atoms with van der Waals surface area (Å²) in [6, 6.07) is 3.92. The van der Waals surface area contributed by atoms with Gasteiger partial charge < -0.3 is 5.32 Å². The van der Waals surface area contributed by atoms with Gasteiger partial charge in [-0.25, -0.2) is 0 Å². The topological polar surface area (TPSA) is 58.4 Å². The Hall–Kier alpha value is -2.68. The van der Waals surface area contributed by atoms with Crippen molar-refractivity contribution in [3.05, 3.63) is 52.0 Å². The van der Waals surface area contributed by atoms with Gasteiger partial charge in [-0.2, -0.15) is 18.2 Å². The molecule has 4 rings (SSSR count). The third kappa shape index (κ3) is 2.99. The summed E-state index contributed by atoms with van der Waals surface area (Å²) in [5, 5.41) is 11.5. The lowest BCUT2D eigenvalue weighted by Gasteiger charge is -2.21. The van der Waals surface area contributed by atoms with Crippen molar-refractivity contribution in [1.82, 2.24) is 24.5 Å². The fraction of sp³-hybridized carbons (Fsp3) is 0.421. The van der Waals surface area contributed by atoms with Gasteiger partial charge in [0.2, 0.25) is 0 Å². The number of halogens is 3. The van der Waals surface area contributed by atoms with Crippen LogP contribution in [0.5, 0.6) is 0 Å². The highest BCUT2D eigenvalue weighted by Crippen LogP contribution is 2.36. The van der Waals surface area contributed by atoms with E-state index in [4.69, 9.17) is 0 Å². The number of nitrogens with one attached hydrogen (secondary N) is 1. The number of aryl methyl sites for hydroxylation is 1. The van der Waals surface area contributed by atoms with Gasteiger partial charge in [-0.1, -0.05) is 12.1 Å². The summed E-state index contributed by atoms with van der Waals surface area (Å²) in [5.74, 6) is 1.90. The van der Waals surface area contributed by atoms with E-state index < -0.39 is 11.7 Å². The van der Waals surface area contributed by atoms with Crippen molar-refractivity contribution >= 4 is 11.6 Å². The number of aromatic nitrogens is 4. The summed E-state index contributed by atoms with van der Waals surface area (Å²) in [5.41, 5.74) is 2.29. The maximum Gasteiger partial charge on any atom is 0.416 e. The molecule has 0 unspecified atom stereocenters. The molecule has 2 aromatic heterocycles. The number of rotatable bonds is 3. The van der Waals surface area contributed by atoms with Crippen molar-refractivity contribution in [2.75, 3.05) is 12.4 Å². The normalized spacial score (nSPS) is 15.8. The minimum atomic E-state index is -4.38. The van der Waals surface area contributed by atoms with Crippen molar-refractivity contribution < 1.29 is 13.2 Å². The maximum atomic E-state index is 13.3. The van der Waals surface area contributed by atoms with Gasteiger partial charge in [-0.05, 0) is 45.0 Å². The maximum absolute atomic E-state index is 13.3. The van der Waals surface area contributed by atoms with Gasteiger partial charge in [-0.3, -0.25) is 9.30 Å². The van der Waals surface area contributed by atoms with Gasteiger partial charge in [0, 0.05) is 24.3 Å². The van der Waals surface area contributed by atoms with Crippen LogP contribution >= 0.6 is 0 Å². The van der Waals surface area contributed by atoms with E-state index in [1.807, 2.05) is 25.3 Å². The largest absolute Gasteiger partial charge is 0.416 e. The summed E-state index contributed by atoms with van der Waals surface area (Å²) >= 11 is 0. The fourth-order valence-electron chi connectivity index (χ4n) is 3.92. The first kappa shape index (κ1) is 18.7. The lowest BCUT2D eigenvalue weighted by atomic mass is 9.97. The Bertz CT molecular complexity index is 1060. The van der Waals surface area contributed by atoms with Crippen molar-refractivity contribution in [2.24, 2.45) is 0 Å². The molecule has 1 aliphatic rings. The Balaban J connectivity index is 1.75. The van der Waals surface area contributed by atoms with E-state index in [0.29, 0.717) is 23.7 Å². The summed E-state index contributed by atoms with van der Waals surface area (Å²) < 4.78 is 41.7. The average molecular weight is 390 g/mol. The molecule has 1 aromatic carbocycles. The minimum absolute atomic E-state index is 0.225. The number of nitrogens with zero attached hydrogens (tertiary/aromatic N) is 5. The van der Waals surface area contributed by atoms with Gasteiger partial charge in [0.05, 0.1) is 11.6 Å². The molecule has 0 saturated carbocycles. The molecule has 1 N–H and O–H groups in total. The number of fused-ring (bicyclic) bond motifs is 3. The van der Waals surface area contributed by atoms with Crippen LogP contribution in [-0.2, 0) is 19.3 Å². The fourth-order valence-corrected chi connectivity index (χ4v) is 3.92. The average Bonchev–Trinajstić information content (AvgIpc) is 3.16. The smallest absolute Gasteiger partial charge is 0.363 e. The van der Waals surface area contributed by atoms with E-state index in [2.05, 4.69) is 25.4 Å². The quantitative estimate of drug-likeness (QED) is 0.736. The zero-order chi connectivity index (χ0) is 20.2. The van der Waals surface area contributed by atoms with Crippen molar-refractivity contribution in [1.29, 1.82) is 0 Å². The Morgan fingerprint density at radius 3 is 2.61 bits per heavy atom. The molecule has 0 amide bonds. The molecule has 6 nitrogen and oxygen atoms in total. The summed E-state index contributed by atoms with van der Waals surface area (Å²) in [4.78, 5) is 6.75. The predicted octanol–water partition coefficient (Wildman–Crippen LogP) is 3.88. The molecule has 1 aliphatic heterocycles. The Morgan fingerprint density at radius 1 is 1.14 bits per heavy atom. The van der Waals surface area contributed by atoms with E-state index in [9.17, 15) is 13.2 Å². The predicted molar refractivity (Wildman–Crippen MR) is 98.9 cm³/mol. The Labute approximate surface area is 160 Å². The molecular weight excluding hydrogens is 369 g/mol. The third-order valence-electron chi connectivity index (χ3n) is 5.27. The summed E-state index contributed by atoms with van der Waals surface area (Å²) in [6.07, 6.45) is -4.38. The highest BCUT2D eigenvalue weighted by Gasteiger charge is 2.33. The lowest BCUT2D eigenvalue weighted by Crippen LogP contribution is -2.16. The molecule has 0 fully saturated rings. The van der Waals surface area contributed by atoms with Crippen LogP contribution in [0.4, 0.5) is 19.0 Å². The van der Waals surface area contributed by atoms with Crippen LogP contribution in [0.25, 0.3) is 5.78 Å². The van der Waals surface area contributed by atoms with Crippen molar-refractivity contribution in [3.8, 4) is 0 Å². The summed E-state index contributed by atoms with van der Waals surface area (Å²) in [7, 11) is 2.01. The molecule has 1 atom stereocenters. The van der Waals surface area contributed by atoms with E-state index >= 15 is 0 Å². The van der Waals surface area contributed by atoms with Crippen molar-refractivity contribution in [2.45, 2.75) is 46.1 Å². The van der Waals surface area contributed by atoms with E-state index in [1.165, 1.54) is 13.0 Å². The van der Waals surface area contributed by atoms with Crippen LogP contribution in [0.1, 0.15) is 46.7 Å². The van der Waals surface area contributed by atoms with Crippen LogP contribution in [0.3, 0.4) is 0 Å². The van der Waals surface area contributed by atoms with E-state index in [-0.39, 0.29) is 11.6 Å². The lowest BCUT2D eigenvalue weighted by molar-refractivity contribution is -0.138. The highest BCUT2D eigenvalue weighted by atomic mass is 19.4. The zero-order valence-corrected chi connectivity index (χ0v) is 16.1. The number of hydrogen-bond donors (Lipinski definition) is 1. The zero-order valence-electron chi connectivity index (χ0n) is 16.1. The standard InChI is InChI=1S/C19H21F3N6/c1-10-13(6-5-7-15(10)19(20,21)22)11(2)23-17-14-8-27(4)9-16(14)28-12(3)25-26-18(28)24-17/h5-7,11H,8-9H2,1-4H3,(H,23,24,26)/t11-/m1/s1.